The number of amides is 1. The van der Waals surface area contributed by atoms with Crippen molar-refractivity contribution in [1.82, 2.24) is 10.2 Å². The van der Waals surface area contributed by atoms with Gasteiger partial charge in [-0.1, -0.05) is 47.7 Å². The van der Waals surface area contributed by atoms with Gasteiger partial charge in [0.05, 0.1) is 11.8 Å². The smallest absolute Gasteiger partial charge is 0.338 e. The van der Waals surface area contributed by atoms with E-state index in [1.165, 1.54) is 35.6 Å². The minimum atomic E-state index is -3.48. The lowest BCUT2D eigenvalue weighted by molar-refractivity contribution is -0.119. The highest BCUT2D eigenvalue weighted by atomic mass is 32.2. The second kappa shape index (κ2) is 8.80. The van der Waals surface area contributed by atoms with Gasteiger partial charge >= 0.3 is 5.97 Å². The van der Waals surface area contributed by atoms with E-state index in [1.54, 1.807) is 0 Å². The van der Waals surface area contributed by atoms with Crippen LogP contribution in [0.2, 0.25) is 0 Å². The number of carbonyl (C=O) groups excluding carboxylic acids is 2. The Labute approximate surface area is 170 Å². The van der Waals surface area contributed by atoms with E-state index in [0.29, 0.717) is 5.01 Å². The lowest BCUT2D eigenvalue weighted by Crippen LogP contribution is -2.21. The number of ether oxygens (including phenoxy) is 1. The summed E-state index contributed by atoms with van der Waals surface area (Å²) in [7, 11) is -3.48. The standard InChI is InChI=1S/C18H16N4O5S2/c1-29(25,26)22-14-9-5-8-13(10-14)17(24)27-11-15(23)19-18-21-20-16(28-18)12-6-3-2-4-7-12/h2-10,22H,11H2,1H3,(H,19,21,23). The number of carbonyl (C=O) groups is 2. The van der Waals surface area contributed by atoms with E-state index in [4.69, 9.17) is 4.74 Å². The molecule has 0 spiro atoms. The molecule has 2 N–H and O–H groups in total. The minimum absolute atomic E-state index is 0.105. The summed E-state index contributed by atoms with van der Waals surface area (Å²) in [6.45, 7) is -0.525. The third-order valence-corrected chi connectivity index (χ3v) is 4.92. The number of nitrogens with one attached hydrogen (secondary N) is 2. The molecule has 2 aromatic carbocycles. The molecule has 150 valence electrons. The van der Waals surface area contributed by atoms with Crippen LogP contribution < -0.4 is 10.0 Å². The molecule has 3 aromatic rings. The Morgan fingerprint density at radius 3 is 2.55 bits per heavy atom. The molecule has 1 heterocycles. The zero-order chi connectivity index (χ0) is 20.9. The molecule has 0 saturated heterocycles. The summed E-state index contributed by atoms with van der Waals surface area (Å²) in [5.74, 6) is -1.33. The summed E-state index contributed by atoms with van der Waals surface area (Å²) in [6, 6.07) is 15.1. The number of aromatic nitrogens is 2. The average Bonchev–Trinajstić information content (AvgIpc) is 3.14. The lowest BCUT2D eigenvalue weighted by atomic mass is 10.2. The second-order valence-corrected chi connectivity index (χ2v) is 8.58. The molecular weight excluding hydrogens is 416 g/mol. The molecule has 9 nitrogen and oxygen atoms in total. The van der Waals surface area contributed by atoms with E-state index in [-0.39, 0.29) is 16.4 Å². The predicted molar refractivity (Wildman–Crippen MR) is 109 cm³/mol. The van der Waals surface area contributed by atoms with E-state index in [2.05, 4.69) is 20.2 Å². The molecule has 0 aliphatic heterocycles. The number of nitrogens with zero attached hydrogens (tertiary/aromatic N) is 2. The molecule has 0 aliphatic rings. The number of benzene rings is 2. The fourth-order valence-electron chi connectivity index (χ4n) is 2.26. The fraction of sp³-hybridized carbons (Fsp3) is 0.111. The number of rotatable bonds is 7. The number of hydrogen-bond acceptors (Lipinski definition) is 8. The zero-order valence-electron chi connectivity index (χ0n) is 15.2. The van der Waals surface area contributed by atoms with E-state index in [9.17, 15) is 18.0 Å². The van der Waals surface area contributed by atoms with Gasteiger partial charge in [0.15, 0.2) is 6.61 Å². The molecule has 11 heteroatoms. The first-order valence-electron chi connectivity index (χ1n) is 8.24. The van der Waals surface area contributed by atoms with Crippen LogP contribution in [0.25, 0.3) is 10.6 Å². The monoisotopic (exact) mass is 432 g/mol. The van der Waals surface area contributed by atoms with Gasteiger partial charge in [-0.2, -0.15) is 0 Å². The van der Waals surface area contributed by atoms with E-state index in [1.807, 2.05) is 30.3 Å². The van der Waals surface area contributed by atoms with Crippen LogP contribution in [0.15, 0.2) is 54.6 Å². The van der Waals surface area contributed by atoms with Gasteiger partial charge in [-0.3, -0.25) is 14.8 Å². The van der Waals surface area contributed by atoms with Crippen LogP contribution in [-0.2, 0) is 19.6 Å². The summed E-state index contributed by atoms with van der Waals surface area (Å²) >= 11 is 1.19. The van der Waals surface area contributed by atoms with Crippen LogP contribution in [0, 0.1) is 0 Å². The third-order valence-electron chi connectivity index (χ3n) is 3.43. The van der Waals surface area contributed by atoms with Gasteiger partial charge in [0.1, 0.15) is 5.01 Å². The SMILES string of the molecule is CS(=O)(=O)Nc1cccc(C(=O)OCC(=O)Nc2nnc(-c3ccccc3)s2)c1. The summed E-state index contributed by atoms with van der Waals surface area (Å²) in [6.07, 6.45) is 0.999. The number of sulfonamides is 1. The normalized spacial score (nSPS) is 10.9. The van der Waals surface area contributed by atoms with Crippen molar-refractivity contribution in [1.29, 1.82) is 0 Å². The third kappa shape index (κ3) is 6.09. The van der Waals surface area contributed by atoms with Crippen molar-refractivity contribution in [2.75, 3.05) is 22.9 Å². The van der Waals surface area contributed by atoms with Crippen LogP contribution in [0.5, 0.6) is 0 Å². The van der Waals surface area contributed by atoms with Gasteiger partial charge < -0.3 is 4.74 Å². The van der Waals surface area contributed by atoms with Crippen LogP contribution in [0.3, 0.4) is 0 Å². The Kier molecular flexibility index (Phi) is 6.20. The summed E-state index contributed by atoms with van der Waals surface area (Å²) in [5.41, 5.74) is 1.20. The molecule has 1 amide bonds. The zero-order valence-corrected chi connectivity index (χ0v) is 16.8. The molecule has 29 heavy (non-hydrogen) atoms. The fourth-order valence-corrected chi connectivity index (χ4v) is 3.58. The molecule has 0 atom stereocenters. The van der Waals surface area contributed by atoms with Gasteiger partial charge in [-0.15, -0.1) is 10.2 Å². The second-order valence-electron chi connectivity index (χ2n) is 5.86. The maximum absolute atomic E-state index is 12.1. The Morgan fingerprint density at radius 1 is 1.07 bits per heavy atom. The van der Waals surface area contributed by atoms with Crippen LogP contribution >= 0.6 is 11.3 Å². The molecule has 0 bridgehead atoms. The van der Waals surface area contributed by atoms with E-state index >= 15 is 0 Å². The average molecular weight is 432 g/mol. The number of esters is 1. The number of hydrogen-bond donors (Lipinski definition) is 2. The summed E-state index contributed by atoms with van der Waals surface area (Å²) in [5, 5.41) is 11.4. The van der Waals surface area contributed by atoms with Crippen molar-refractivity contribution < 1.29 is 22.7 Å². The van der Waals surface area contributed by atoms with E-state index < -0.39 is 28.5 Å². The lowest BCUT2D eigenvalue weighted by Gasteiger charge is -2.07. The topological polar surface area (TPSA) is 127 Å². The first kappa shape index (κ1) is 20.4. The van der Waals surface area contributed by atoms with Crippen LogP contribution in [0.1, 0.15) is 10.4 Å². The maximum Gasteiger partial charge on any atom is 0.338 e. The van der Waals surface area contributed by atoms with Crippen molar-refractivity contribution >= 4 is 44.1 Å². The Morgan fingerprint density at radius 2 is 1.83 bits per heavy atom. The number of anilines is 2. The van der Waals surface area contributed by atoms with Crippen molar-refractivity contribution in [3.8, 4) is 10.6 Å². The van der Waals surface area contributed by atoms with Crippen molar-refractivity contribution in [3.63, 3.8) is 0 Å². The van der Waals surface area contributed by atoms with Gasteiger partial charge in [0, 0.05) is 11.3 Å². The predicted octanol–water partition coefficient (Wildman–Crippen LogP) is 2.37. The largest absolute Gasteiger partial charge is 0.452 e. The van der Waals surface area contributed by atoms with Crippen LogP contribution in [-0.4, -0.2) is 43.4 Å². The highest BCUT2D eigenvalue weighted by molar-refractivity contribution is 7.92. The summed E-state index contributed by atoms with van der Waals surface area (Å²) in [4.78, 5) is 24.1. The maximum atomic E-state index is 12.1. The van der Waals surface area contributed by atoms with E-state index in [0.717, 1.165) is 11.8 Å². The Bertz CT molecular complexity index is 1130. The quantitative estimate of drug-likeness (QED) is 0.549. The van der Waals surface area contributed by atoms with Crippen molar-refractivity contribution in [2.45, 2.75) is 0 Å². The van der Waals surface area contributed by atoms with Crippen molar-refractivity contribution in [3.05, 3.63) is 60.2 Å². The first-order valence-corrected chi connectivity index (χ1v) is 10.9. The first-order chi connectivity index (χ1) is 13.8. The van der Waals surface area contributed by atoms with Gasteiger partial charge in [0.25, 0.3) is 5.91 Å². The van der Waals surface area contributed by atoms with Crippen LogP contribution in [0.4, 0.5) is 10.8 Å². The molecule has 1 aromatic heterocycles. The Balaban J connectivity index is 1.55. The van der Waals surface area contributed by atoms with Gasteiger partial charge in [-0.05, 0) is 18.2 Å². The molecule has 0 unspecified atom stereocenters. The highest BCUT2D eigenvalue weighted by Crippen LogP contribution is 2.25. The Hall–Kier alpha value is -3.31. The van der Waals surface area contributed by atoms with Gasteiger partial charge in [0.2, 0.25) is 15.2 Å². The van der Waals surface area contributed by atoms with Crippen molar-refractivity contribution in [2.24, 2.45) is 0 Å². The molecule has 0 radical (unpaired) electrons. The molecule has 0 aliphatic carbocycles. The molecule has 0 fully saturated rings. The van der Waals surface area contributed by atoms with Gasteiger partial charge in [-0.25, -0.2) is 13.2 Å². The molecule has 3 rings (SSSR count). The molecule has 0 saturated carbocycles. The minimum Gasteiger partial charge on any atom is -0.452 e. The molecular formula is C18H16N4O5S2. The summed E-state index contributed by atoms with van der Waals surface area (Å²) < 4.78 is 29.8. The highest BCUT2D eigenvalue weighted by Gasteiger charge is 2.14.